The van der Waals surface area contributed by atoms with Crippen molar-refractivity contribution in [3.63, 3.8) is 0 Å². The second-order valence-corrected chi connectivity index (χ2v) is 4.31. The van der Waals surface area contributed by atoms with Crippen molar-refractivity contribution in [2.45, 2.75) is 31.6 Å². The Labute approximate surface area is 114 Å². The Hall–Kier alpha value is -2.44. The van der Waals surface area contributed by atoms with Gasteiger partial charge in [0.05, 0.1) is 5.92 Å². The molecule has 1 aromatic rings. The molecule has 7 heteroatoms. The minimum absolute atomic E-state index is 0.0109. The lowest BCUT2D eigenvalue weighted by Gasteiger charge is -2.12. The number of hydrogen-bond acceptors (Lipinski definition) is 4. The monoisotopic (exact) mass is 281 g/mol. The minimum atomic E-state index is -1.22. The van der Waals surface area contributed by atoms with Gasteiger partial charge in [0.1, 0.15) is 5.69 Å². The summed E-state index contributed by atoms with van der Waals surface area (Å²) in [6, 6.07) is 2.70. The topological polar surface area (TPSA) is 125 Å². The summed E-state index contributed by atoms with van der Waals surface area (Å²) in [5.74, 6) is -4.07. The average Bonchev–Trinajstić information content (AvgIpc) is 2.38. The van der Waals surface area contributed by atoms with E-state index in [1.54, 1.807) is 0 Å². The lowest BCUT2D eigenvalue weighted by Crippen LogP contribution is -2.13. The van der Waals surface area contributed by atoms with Crippen molar-refractivity contribution in [1.82, 2.24) is 4.98 Å². The van der Waals surface area contributed by atoms with Crippen LogP contribution in [-0.2, 0) is 9.59 Å². The van der Waals surface area contributed by atoms with Crippen molar-refractivity contribution >= 4 is 17.9 Å². The van der Waals surface area contributed by atoms with Crippen molar-refractivity contribution in [2.24, 2.45) is 0 Å². The fraction of sp³-hybridized carbons (Fsp3) is 0.385. The van der Waals surface area contributed by atoms with Gasteiger partial charge in [-0.3, -0.25) is 9.59 Å². The Bertz CT molecular complexity index is 513. The van der Waals surface area contributed by atoms with Gasteiger partial charge < -0.3 is 15.3 Å². The molecule has 20 heavy (non-hydrogen) atoms. The molecule has 0 saturated carbocycles. The van der Waals surface area contributed by atoms with Crippen LogP contribution in [0.5, 0.6) is 0 Å². The SMILES string of the molecule is O=C(O)CCCCC(C(=O)O)c1ccnc(C(=O)O)c1. The standard InChI is InChI=1S/C13H15NO6/c15-11(16)4-2-1-3-9(12(17)18)8-5-6-14-10(7-8)13(19)20/h5-7,9H,1-4H2,(H,15,16)(H,17,18)(H,19,20). The van der Waals surface area contributed by atoms with Crippen molar-refractivity contribution in [1.29, 1.82) is 0 Å². The molecule has 0 aromatic carbocycles. The molecule has 1 rings (SSSR count). The quantitative estimate of drug-likeness (QED) is 0.618. The van der Waals surface area contributed by atoms with E-state index < -0.39 is 23.8 Å². The van der Waals surface area contributed by atoms with Crippen LogP contribution in [0.4, 0.5) is 0 Å². The molecule has 1 atom stereocenters. The largest absolute Gasteiger partial charge is 0.481 e. The molecule has 0 radical (unpaired) electrons. The van der Waals surface area contributed by atoms with E-state index in [9.17, 15) is 19.5 Å². The zero-order valence-corrected chi connectivity index (χ0v) is 10.7. The van der Waals surface area contributed by atoms with E-state index in [1.807, 2.05) is 0 Å². The number of carboxylic acids is 3. The van der Waals surface area contributed by atoms with Crippen molar-refractivity contribution in [3.05, 3.63) is 29.6 Å². The number of carbonyl (C=O) groups is 3. The Morgan fingerprint density at radius 3 is 2.40 bits per heavy atom. The highest BCUT2D eigenvalue weighted by Gasteiger charge is 2.21. The molecule has 108 valence electrons. The lowest BCUT2D eigenvalue weighted by atomic mass is 9.93. The maximum absolute atomic E-state index is 11.2. The maximum Gasteiger partial charge on any atom is 0.354 e. The molecule has 3 N–H and O–H groups in total. The number of nitrogens with zero attached hydrogens (tertiary/aromatic N) is 1. The number of aromatic carboxylic acids is 1. The molecule has 1 heterocycles. The normalized spacial score (nSPS) is 11.8. The summed E-state index contributed by atoms with van der Waals surface area (Å²) in [6.45, 7) is 0. The van der Waals surface area contributed by atoms with Gasteiger partial charge in [-0.2, -0.15) is 0 Å². The summed E-state index contributed by atoms with van der Waals surface area (Å²) < 4.78 is 0. The molecule has 0 fully saturated rings. The van der Waals surface area contributed by atoms with Crippen LogP contribution in [0, 0.1) is 0 Å². The molecule has 0 spiro atoms. The minimum Gasteiger partial charge on any atom is -0.481 e. The van der Waals surface area contributed by atoms with Crippen LogP contribution in [0.15, 0.2) is 18.3 Å². The van der Waals surface area contributed by atoms with E-state index >= 15 is 0 Å². The third-order valence-corrected chi connectivity index (χ3v) is 2.84. The van der Waals surface area contributed by atoms with Gasteiger partial charge in [0.25, 0.3) is 0 Å². The molecular formula is C13H15NO6. The first-order valence-electron chi connectivity index (χ1n) is 6.05. The number of hydrogen-bond donors (Lipinski definition) is 3. The summed E-state index contributed by atoms with van der Waals surface area (Å²) in [7, 11) is 0. The van der Waals surface area contributed by atoms with Crippen LogP contribution >= 0.6 is 0 Å². The molecule has 0 amide bonds. The molecule has 7 nitrogen and oxygen atoms in total. The van der Waals surface area contributed by atoms with E-state index in [2.05, 4.69) is 4.98 Å². The molecule has 0 bridgehead atoms. The van der Waals surface area contributed by atoms with Crippen LogP contribution in [0.25, 0.3) is 0 Å². The predicted molar refractivity (Wildman–Crippen MR) is 67.7 cm³/mol. The van der Waals surface area contributed by atoms with E-state index in [-0.39, 0.29) is 18.5 Å². The van der Waals surface area contributed by atoms with Crippen LogP contribution in [0.1, 0.15) is 47.7 Å². The Kier molecular flexibility index (Phi) is 5.64. The first-order chi connectivity index (χ1) is 9.41. The molecule has 1 unspecified atom stereocenters. The number of rotatable bonds is 8. The Morgan fingerprint density at radius 1 is 1.15 bits per heavy atom. The van der Waals surface area contributed by atoms with Gasteiger partial charge in [0, 0.05) is 12.6 Å². The summed E-state index contributed by atoms with van der Waals surface area (Å²) in [5, 5.41) is 26.5. The van der Waals surface area contributed by atoms with E-state index in [1.165, 1.54) is 18.3 Å². The Morgan fingerprint density at radius 2 is 1.85 bits per heavy atom. The van der Waals surface area contributed by atoms with Crippen LogP contribution in [0.2, 0.25) is 0 Å². The first-order valence-corrected chi connectivity index (χ1v) is 6.05. The molecular weight excluding hydrogens is 266 g/mol. The highest BCUT2D eigenvalue weighted by atomic mass is 16.4. The van der Waals surface area contributed by atoms with Gasteiger partial charge in [-0.1, -0.05) is 6.42 Å². The first kappa shape index (κ1) is 15.6. The van der Waals surface area contributed by atoms with E-state index in [4.69, 9.17) is 10.2 Å². The van der Waals surface area contributed by atoms with Gasteiger partial charge in [-0.15, -0.1) is 0 Å². The number of aromatic nitrogens is 1. The summed E-state index contributed by atoms with van der Waals surface area (Å²) >= 11 is 0. The predicted octanol–water partition coefficient (Wildman–Crippen LogP) is 1.59. The molecule has 0 aliphatic carbocycles. The second-order valence-electron chi connectivity index (χ2n) is 4.31. The number of pyridine rings is 1. The highest BCUT2D eigenvalue weighted by molar-refractivity contribution is 5.86. The van der Waals surface area contributed by atoms with Crippen LogP contribution in [0.3, 0.4) is 0 Å². The third kappa shape index (κ3) is 4.68. The zero-order chi connectivity index (χ0) is 15.1. The summed E-state index contributed by atoms with van der Waals surface area (Å²) in [5.41, 5.74) is 0.152. The molecule has 0 aliphatic heterocycles. The molecule has 0 saturated heterocycles. The number of aliphatic carboxylic acids is 2. The number of carboxylic acid groups (broad SMARTS) is 3. The van der Waals surface area contributed by atoms with Gasteiger partial charge in [0.2, 0.25) is 0 Å². The van der Waals surface area contributed by atoms with Crippen LogP contribution in [-0.4, -0.2) is 38.2 Å². The average molecular weight is 281 g/mol. The van der Waals surface area contributed by atoms with Gasteiger partial charge in [-0.05, 0) is 30.5 Å². The Balaban J connectivity index is 2.75. The molecule has 0 aliphatic rings. The highest BCUT2D eigenvalue weighted by Crippen LogP contribution is 2.23. The smallest absolute Gasteiger partial charge is 0.354 e. The van der Waals surface area contributed by atoms with Crippen molar-refractivity contribution < 1.29 is 29.7 Å². The van der Waals surface area contributed by atoms with Gasteiger partial charge in [-0.25, -0.2) is 9.78 Å². The van der Waals surface area contributed by atoms with Crippen molar-refractivity contribution in [2.75, 3.05) is 0 Å². The van der Waals surface area contributed by atoms with Crippen molar-refractivity contribution in [3.8, 4) is 0 Å². The zero-order valence-electron chi connectivity index (χ0n) is 10.7. The lowest BCUT2D eigenvalue weighted by molar-refractivity contribution is -0.139. The number of unbranched alkanes of at least 4 members (excludes halogenated alkanes) is 1. The van der Waals surface area contributed by atoms with Crippen LogP contribution < -0.4 is 0 Å². The maximum atomic E-state index is 11.2. The third-order valence-electron chi connectivity index (χ3n) is 2.84. The summed E-state index contributed by atoms with van der Waals surface area (Å²) in [6.07, 6.45) is 2.32. The molecule has 1 aromatic heterocycles. The fourth-order valence-corrected chi connectivity index (χ4v) is 1.84. The van der Waals surface area contributed by atoms with E-state index in [0.29, 0.717) is 18.4 Å². The fourth-order valence-electron chi connectivity index (χ4n) is 1.84. The van der Waals surface area contributed by atoms with Gasteiger partial charge >= 0.3 is 17.9 Å². The van der Waals surface area contributed by atoms with E-state index in [0.717, 1.165) is 0 Å². The van der Waals surface area contributed by atoms with Gasteiger partial charge in [0.15, 0.2) is 0 Å². The second kappa shape index (κ2) is 7.22. The summed E-state index contributed by atoms with van der Waals surface area (Å²) in [4.78, 5) is 36.0.